The second-order valence-electron chi connectivity index (χ2n) is 3.65. The minimum Gasteiger partial charge on any atom is -0.481 e. The van der Waals surface area contributed by atoms with Gasteiger partial charge < -0.3 is 21.7 Å². The number of carboxylic acid groups (broad SMARTS) is 2. The monoisotopic (exact) mass is 218 g/mol. The zero-order chi connectivity index (χ0) is 12.1. The molecule has 0 radical (unpaired) electrons. The van der Waals surface area contributed by atoms with Crippen molar-refractivity contribution in [1.82, 2.24) is 0 Å². The van der Waals surface area contributed by atoms with Gasteiger partial charge in [0.1, 0.15) is 5.54 Å². The van der Waals surface area contributed by atoms with Crippen LogP contribution in [0.25, 0.3) is 0 Å². The average Bonchev–Trinajstić information content (AvgIpc) is 2.16. The molecule has 0 aromatic rings. The average molecular weight is 218 g/mol. The van der Waals surface area contributed by atoms with E-state index in [1.165, 1.54) is 6.92 Å². The van der Waals surface area contributed by atoms with Crippen LogP contribution in [0.3, 0.4) is 0 Å². The third kappa shape index (κ3) is 3.49. The first-order valence-electron chi connectivity index (χ1n) is 4.81. The van der Waals surface area contributed by atoms with Gasteiger partial charge in [0.25, 0.3) is 0 Å². The van der Waals surface area contributed by atoms with Crippen LogP contribution in [-0.2, 0) is 9.59 Å². The van der Waals surface area contributed by atoms with Crippen molar-refractivity contribution in [2.75, 3.05) is 6.54 Å². The predicted molar refractivity (Wildman–Crippen MR) is 54.3 cm³/mol. The summed E-state index contributed by atoms with van der Waals surface area (Å²) < 4.78 is 0. The molecule has 0 bridgehead atoms. The number of nitrogens with two attached hydrogens (primary N) is 2. The van der Waals surface area contributed by atoms with Gasteiger partial charge in [-0.15, -0.1) is 0 Å². The lowest BCUT2D eigenvalue weighted by Gasteiger charge is -2.28. The molecule has 0 fully saturated rings. The molecule has 88 valence electrons. The molecule has 0 spiro atoms. The maximum absolute atomic E-state index is 10.9. The Morgan fingerprint density at radius 2 is 1.87 bits per heavy atom. The Morgan fingerprint density at radius 3 is 2.20 bits per heavy atom. The Kier molecular flexibility index (Phi) is 5.24. The van der Waals surface area contributed by atoms with Crippen LogP contribution in [0.15, 0.2) is 0 Å². The molecule has 0 aliphatic rings. The van der Waals surface area contributed by atoms with Crippen molar-refractivity contribution in [2.24, 2.45) is 17.4 Å². The fourth-order valence-electron chi connectivity index (χ4n) is 1.29. The molecule has 6 N–H and O–H groups in total. The van der Waals surface area contributed by atoms with E-state index >= 15 is 0 Å². The molecule has 2 unspecified atom stereocenters. The summed E-state index contributed by atoms with van der Waals surface area (Å²) in [5, 5.41) is 17.7. The summed E-state index contributed by atoms with van der Waals surface area (Å²) in [4.78, 5) is 21.7. The SMILES string of the molecule is CC(C(=O)O)C(N)(CCCCN)C(=O)O. The quantitative estimate of drug-likeness (QED) is 0.431. The Balaban J connectivity index is 4.59. The van der Waals surface area contributed by atoms with Gasteiger partial charge >= 0.3 is 11.9 Å². The lowest BCUT2D eigenvalue weighted by Crippen LogP contribution is -2.55. The summed E-state index contributed by atoms with van der Waals surface area (Å²) in [7, 11) is 0. The summed E-state index contributed by atoms with van der Waals surface area (Å²) in [6.45, 7) is 1.75. The molecule has 0 aliphatic heterocycles. The van der Waals surface area contributed by atoms with Gasteiger partial charge in [-0.3, -0.25) is 9.59 Å². The van der Waals surface area contributed by atoms with E-state index in [0.717, 1.165) is 0 Å². The van der Waals surface area contributed by atoms with Crippen molar-refractivity contribution in [2.45, 2.75) is 31.7 Å². The summed E-state index contributed by atoms with van der Waals surface area (Å²) in [6, 6.07) is 0. The van der Waals surface area contributed by atoms with Crippen molar-refractivity contribution in [3.8, 4) is 0 Å². The molecule has 0 heterocycles. The highest BCUT2D eigenvalue weighted by molar-refractivity contribution is 5.86. The molecule has 0 saturated heterocycles. The second kappa shape index (κ2) is 5.67. The number of rotatable bonds is 7. The molecule has 0 aliphatic carbocycles. The normalized spacial score (nSPS) is 16.7. The van der Waals surface area contributed by atoms with E-state index in [9.17, 15) is 9.59 Å². The van der Waals surface area contributed by atoms with E-state index in [-0.39, 0.29) is 6.42 Å². The zero-order valence-electron chi connectivity index (χ0n) is 8.77. The highest BCUT2D eigenvalue weighted by atomic mass is 16.4. The van der Waals surface area contributed by atoms with Gasteiger partial charge in [0.15, 0.2) is 0 Å². The molecule has 2 atom stereocenters. The minimum absolute atomic E-state index is 0.118. The van der Waals surface area contributed by atoms with Gasteiger partial charge in [0.05, 0.1) is 5.92 Å². The standard InChI is InChI=1S/C9H18N2O4/c1-6(7(12)13)9(11,8(14)15)4-2-3-5-10/h6H,2-5,10-11H2,1H3,(H,12,13)(H,14,15). The minimum atomic E-state index is -1.71. The molecule has 6 nitrogen and oxygen atoms in total. The maximum Gasteiger partial charge on any atom is 0.324 e. The Morgan fingerprint density at radius 1 is 1.33 bits per heavy atom. The number of carboxylic acids is 2. The molecular weight excluding hydrogens is 200 g/mol. The van der Waals surface area contributed by atoms with Gasteiger partial charge in [0.2, 0.25) is 0 Å². The summed E-state index contributed by atoms with van der Waals surface area (Å²) in [5.41, 5.74) is 9.16. The number of unbranched alkanes of at least 4 members (excludes halogenated alkanes) is 1. The third-order valence-electron chi connectivity index (χ3n) is 2.59. The molecule has 0 aromatic carbocycles. The number of hydrogen-bond donors (Lipinski definition) is 4. The van der Waals surface area contributed by atoms with Crippen LogP contribution in [0.1, 0.15) is 26.2 Å². The summed E-state index contributed by atoms with van der Waals surface area (Å²) >= 11 is 0. The second-order valence-corrected chi connectivity index (χ2v) is 3.65. The highest BCUT2D eigenvalue weighted by Gasteiger charge is 2.43. The van der Waals surface area contributed by atoms with Crippen LogP contribution in [0.5, 0.6) is 0 Å². The smallest absolute Gasteiger partial charge is 0.324 e. The topological polar surface area (TPSA) is 127 Å². The van der Waals surface area contributed by atoms with Gasteiger partial charge in [0, 0.05) is 0 Å². The van der Waals surface area contributed by atoms with Gasteiger partial charge in [-0.05, 0) is 32.7 Å². The number of carbonyl (C=O) groups is 2. The van der Waals surface area contributed by atoms with Gasteiger partial charge in [-0.25, -0.2) is 0 Å². The number of aliphatic carboxylic acids is 2. The Bertz CT molecular complexity index is 244. The molecule has 0 aromatic heterocycles. The van der Waals surface area contributed by atoms with Gasteiger partial charge in [-0.1, -0.05) is 0 Å². The zero-order valence-corrected chi connectivity index (χ0v) is 8.77. The predicted octanol–water partition coefficient (Wildman–Crippen LogP) is -0.382. The van der Waals surface area contributed by atoms with Crippen molar-refractivity contribution >= 4 is 11.9 Å². The fourth-order valence-corrected chi connectivity index (χ4v) is 1.29. The fraction of sp³-hybridized carbons (Fsp3) is 0.778. The molecule has 0 amide bonds. The highest BCUT2D eigenvalue weighted by Crippen LogP contribution is 2.22. The molecule has 0 rings (SSSR count). The molecule has 6 heteroatoms. The van der Waals surface area contributed by atoms with Crippen LogP contribution in [-0.4, -0.2) is 34.2 Å². The van der Waals surface area contributed by atoms with Crippen molar-refractivity contribution in [3.05, 3.63) is 0 Å². The van der Waals surface area contributed by atoms with Crippen LogP contribution in [0, 0.1) is 5.92 Å². The summed E-state index contributed by atoms with van der Waals surface area (Å²) in [5.74, 6) is -3.60. The van der Waals surface area contributed by atoms with E-state index in [2.05, 4.69) is 0 Å². The first-order valence-corrected chi connectivity index (χ1v) is 4.81. The Hall–Kier alpha value is -1.14. The van der Waals surface area contributed by atoms with Crippen LogP contribution < -0.4 is 11.5 Å². The molecule has 15 heavy (non-hydrogen) atoms. The summed E-state index contributed by atoms with van der Waals surface area (Å²) in [6.07, 6.45) is 1.27. The third-order valence-corrected chi connectivity index (χ3v) is 2.59. The van der Waals surface area contributed by atoms with Gasteiger partial charge in [-0.2, -0.15) is 0 Å². The molecular formula is C9H18N2O4. The van der Waals surface area contributed by atoms with Crippen molar-refractivity contribution in [3.63, 3.8) is 0 Å². The van der Waals surface area contributed by atoms with E-state index in [1.807, 2.05) is 0 Å². The van der Waals surface area contributed by atoms with E-state index < -0.39 is 23.4 Å². The first kappa shape index (κ1) is 13.9. The first-order chi connectivity index (χ1) is 6.86. The van der Waals surface area contributed by atoms with Crippen LogP contribution >= 0.6 is 0 Å². The van der Waals surface area contributed by atoms with Crippen LogP contribution in [0.2, 0.25) is 0 Å². The van der Waals surface area contributed by atoms with Crippen molar-refractivity contribution < 1.29 is 19.8 Å². The molecule has 0 saturated carbocycles. The van der Waals surface area contributed by atoms with E-state index in [1.54, 1.807) is 0 Å². The maximum atomic E-state index is 10.9. The number of hydrogen-bond acceptors (Lipinski definition) is 4. The van der Waals surface area contributed by atoms with Crippen LogP contribution in [0.4, 0.5) is 0 Å². The lowest BCUT2D eigenvalue weighted by atomic mass is 9.81. The van der Waals surface area contributed by atoms with Crippen molar-refractivity contribution in [1.29, 1.82) is 0 Å². The van der Waals surface area contributed by atoms with E-state index in [0.29, 0.717) is 19.4 Å². The Labute approximate surface area is 88.3 Å². The largest absolute Gasteiger partial charge is 0.481 e. The lowest BCUT2D eigenvalue weighted by molar-refractivity contribution is -0.155. The van der Waals surface area contributed by atoms with E-state index in [4.69, 9.17) is 21.7 Å².